The third-order valence-electron chi connectivity index (χ3n) is 4.08. The molecule has 0 aliphatic carbocycles. The highest BCUT2D eigenvalue weighted by Crippen LogP contribution is 2.31. The summed E-state index contributed by atoms with van der Waals surface area (Å²) in [6, 6.07) is 16.5. The molecule has 5 heteroatoms. The highest BCUT2D eigenvalue weighted by Gasteiger charge is 2.17. The van der Waals surface area contributed by atoms with Gasteiger partial charge in [-0.1, -0.05) is 41.9 Å². The third-order valence-corrected chi connectivity index (χ3v) is 4.08. The molecule has 0 atom stereocenters. The standard InChI is InChI=1S/C19H18N4O/c1-3-14-15-11-12(2)9-10-16(15)21-17(14)18-22-23-19(24-18)20-13-7-5-4-6-8-13/h4-11,21H,3H2,1-2H3,(H,20,23). The van der Waals surface area contributed by atoms with Gasteiger partial charge in [0, 0.05) is 16.6 Å². The van der Waals surface area contributed by atoms with E-state index in [4.69, 9.17) is 4.42 Å². The zero-order valence-electron chi connectivity index (χ0n) is 13.6. The second-order valence-corrected chi connectivity index (χ2v) is 5.78. The molecular formula is C19H18N4O. The minimum atomic E-state index is 0.382. The van der Waals surface area contributed by atoms with Crippen LogP contribution in [0.4, 0.5) is 11.7 Å². The van der Waals surface area contributed by atoms with Gasteiger partial charge in [0.25, 0.3) is 5.89 Å². The Labute approximate surface area is 139 Å². The monoisotopic (exact) mass is 318 g/mol. The lowest BCUT2D eigenvalue weighted by Gasteiger charge is -1.99. The number of aromatic amines is 1. The Hall–Kier alpha value is -3.08. The van der Waals surface area contributed by atoms with E-state index in [1.54, 1.807) is 0 Å². The van der Waals surface area contributed by atoms with Gasteiger partial charge in [0.05, 0.1) is 0 Å². The Morgan fingerprint density at radius 2 is 1.92 bits per heavy atom. The van der Waals surface area contributed by atoms with Crippen molar-refractivity contribution in [3.8, 4) is 11.6 Å². The zero-order valence-corrected chi connectivity index (χ0v) is 13.6. The van der Waals surface area contributed by atoms with Crippen LogP contribution in [0.5, 0.6) is 0 Å². The normalized spacial score (nSPS) is 11.1. The number of H-pyrrole nitrogens is 1. The summed E-state index contributed by atoms with van der Waals surface area (Å²) in [6.07, 6.45) is 0.891. The Balaban J connectivity index is 1.73. The first-order valence-corrected chi connectivity index (χ1v) is 8.01. The largest absolute Gasteiger partial charge is 0.402 e. The van der Waals surface area contributed by atoms with Gasteiger partial charge in [-0.05, 0) is 43.2 Å². The van der Waals surface area contributed by atoms with Crippen LogP contribution >= 0.6 is 0 Å². The molecule has 0 saturated heterocycles. The van der Waals surface area contributed by atoms with Crippen molar-refractivity contribution in [2.24, 2.45) is 0 Å². The Bertz CT molecular complexity index is 985. The zero-order chi connectivity index (χ0) is 16.5. The summed E-state index contributed by atoms with van der Waals surface area (Å²) in [6.45, 7) is 4.23. The quantitative estimate of drug-likeness (QED) is 0.565. The number of nitrogens with zero attached hydrogens (tertiary/aromatic N) is 2. The summed E-state index contributed by atoms with van der Waals surface area (Å²) in [5.41, 5.74) is 5.33. The molecule has 2 N–H and O–H groups in total. The van der Waals surface area contributed by atoms with Gasteiger partial charge in [0.2, 0.25) is 0 Å². The van der Waals surface area contributed by atoms with Gasteiger partial charge in [-0.3, -0.25) is 0 Å². The number of para-hydroxylation sites is 1. The molecule has 4 aromatic rings. The van der Waals surface area contributed by atoms with Crippen molar-refractivity contribution in [1.29, 1.82) is 0 Å². The molecule has 120 valence electrons. The molecule has 0 aliphatic heterocycles. The molecule has 0 bridgehead atoms. The Morgan fingerprint density at radius 1 is 1.08 bits per heavy atom. The molecule has 0 aliphatic rings. The molecule has 4 rings (SSSR count). The van der Waals surface area contributed by atoms with E-state index in [0.717, 1.165) is 23.3 Å². The van der Waals surface area contributed by atoms with E-state index in [2.05, 4.69) is 52.5 Å². The Kier molecular flexibility index (Phi) is 3.54. The predicted molar refractivity (Wildman–Crippen MR) is 95.4 cm³/mol. The maximum atomic E-state index is 5.81. The number of hydrogen-bond donors (Lipinski definition) is 2. The first-order valence-electron chi connectivity index (χ1n) is 8.01. The van der Waals surface area contributed by atoms with E-state index in [1.165, 1.54) is 16.5 Å². The lowest BCUT2D eigenvalue weighted by Crippen LogP contribution is -1.88. The summed E-state index contributed by atoms with van der Waals surface area (Å²) < 4.78 is 5.81. The molecule has 2 aromatic heterocycles. The van der Waals surface area contributed by atoms with Crippen molar-refractivity contribution in [2.45, 2.75) is 20.3 Å². The summed E-state index contributed by atoms with van der Waals surface area (Å²) >= 11 is 0. The van der Waals surface area contributed by atoms with Gasteiger partial charge in [-0.15, -0.1) is 5.10 Å². The van der Waals surface area contributed by atoms with Crippen LogP contribution in [0.25, 0.3) is 22.5 Å². The SMILES string of the molecule is CCc1c(-c2nnc(Nc3ccccc3)o2)[nH]c2ccc(C)cc12. The van der Waals surface area contributed by atoms with Crippen LogP contribution in [0.1, 0.15) is 18.1 Å². The van der Waals surface area contributed by atoms with Gasteiger partial charge in [0.1, 0.15) is 5.69 Å². The number of fused-ring (bicyclic) bond motifs is 1. The van der Waals surface area contributed by atoms with Gasteiger partial charge >= 0.3 is 6.01 Å². The van der Waals surface area contributed by atoms with Crippen LogP contribution in [0.15, 0.2) is 52.9 Å². The number of nitrogens with one attached hydrogen (secondary N) is 2. The van der Waals surface area contributed by atoms with Crippen LogP contribution < -0.4 is 5.32 Å². The fraction of sp³-hybridized carbons (Fsp3) is 0.158. The number of benzene rings is 2. The van der Waals surface area contributed by atoms with E-state index in [9.17, 15) is 0 Å². The Morgan fingerprint density at radius 3 is 2.71 bits per heavy atom. The second-order valence-electron chi connectivity index (χ2n) is 5.78. The van der Waals surface area contributed by atoms with Crippen LogP contribution in [0, 0.1) is 6.92 Å². The molecule has 0 spiro atoms. The molecule has 2 heterocycles. The van der Waals surface area contributed by atoms with E-state index in [1.807, 2.05) is 30.3 Å². The van der Waals surface area contributed by atoms with E-state index in [-0.39, 0.29) is 0 Å². The minimum Gasteiger partial charge on any atom is -0.402 e. The molecule has 24 heavy (non-hydrogen) atoms. The number of aromatic nitrogens is 3. The summed E-state index contributed by atoms with van der Waals surface area (Å²) in [4.78, 5) is 3.41. The highest BCUT2D eigenvalue weighted by atomic mass is 16.4. The lowest BCUT2D eigenvalue weighted by molar-refractivity contribution is 0.585. The minimum absolute atomic E-state index is 0.382. The highest BCUT2D eigenvalue weighted by molar-refractivity contribution is 5.90. The molecule has 5 nitrogen and oxygen atoms in total. The maximum Gasteiger partial charge on any atom is 0.320 e. The molecule has 2 aromatic carbocycles. The third kappa shape index (κ3) is 2.54. The molecule has 0 radical (unpaired) electrons. The average Bonchev–Trinajstić information content (AvgIpc) is 3.19. The summed E-state index contributed by atoms with van der Waals surface area (Å²) in [7, 11) is 0. The van der Waals surface area contributed by atoms with Crippen molar-refractivity contribution in [1.82, 2.24) is 15.2 Å². The fourth-order valence-electron chi connectivity index (χ4n) is 2.93. The first-order chi connectivity index (χ1) is 11.7. The average molecular weight is 318 g/mol. The van der Waals surface area contributed by atoms with Gasteiger partial charge in [0.15, 0.2) is 0 Å². The van der Waals surface area contributed by atoms with Crippen LogP contribution in [0.2, 0.25) is 0 Å². The molecule has 0 fully saturated rings. The van der Waals surface area contributed by atoms with Crippen molar-refractivity contribution in [2.75, 3.05) is 5.32 Å². The maximum absolute atomic E-state index is 5.81. The second kappa shape index (κ2) is 5.85. The van der Waals surface area contributed by atoms with Crippen molar-refractivity contribution in [3.05, 3.63) is 59.7 Å². The molecule has 0 unspecified atom stereocenters. The first kappa shape index (κ1) is 14.5. The number of rotatable bonds is 4. The molecule has 0 saturated carbocycles. The van der Waals surface area contributed by atoms with Gasteiger partial charge in [-0.2, -0.15) is 0 Å². The lowest BCUT2D eigenvalue weighted by atomic mass is 10.1. The molecule has 0 amide bonds. The van der Waals surface area contributed by atoms with Crippen molar-refractivity contribution < 1.29 is 4.42 Å². The van der Waals surface area contributed by atoms with E-state index < -0.39 is 0 Å². The topological polar surface area (TPSA) is 66.7 Å². The van der Waals surface area contributed by atoms with E-state index in [0.29, 0.717) is 11.9 Å². The summed E-state index contributed by atoms with van der Waals surface area (Å²) in [5.74, 6) is 0.499. The number of aryl methyl sites for hydroxylation is 2. The number of anilines is 2. The van der Waals surface area contributed by atoms with Crippen LogP contribution in [-0.4, -0.2) is 15.2 Å². The summed E-state index contributed by atoms with van der Waals surface area (Å²) in [5, 5.41) is 12.6. The van der Waals surface area contributed by atoms with E-state index >= 15 is 0 Å². The van der Waals surface area contributed by atoms with Gasteiger partial charge in [-0.25, -0.2) is 0 Å². The number of hydrogen-bond acceptors (Lipinski definition) is 4. The van der Waals surface area contributed by atoms with Gasteiger partial charge < -0.3 is 14.7 Å². The molecular weight excluding hydrogens is 300 g/mol. The predicted octanol–water partition coefficient (Wildman–Crippen LogP) is 4.83. The van der Waals surface area contributed by atoms with Crippen molar-refractivity contribution in [3.63, 3.8) is 0 Å². The smallest absolute Gasteiger partial charge is 0.320 e. The fourth-order valence-corrected chi connectivity index (χ4v) is 2.93. The van der Waals surface area contributed by atoms with Crippen LogP contribution in [-0.2, 0) is 6.42 Å². The van der Waals surface area contributed by atoms with Crippen molar-refractivity contribution >= 4 is 22.6 Å². The van der Waals surface area contributed by atoms with Crippen LogP contribution in [0.3, 0.4) is 0 Å².